The first-order chi connectivity index (χ1) is 13.1. The van der Waals surface area contributed by atoms with Gasteiger partial charge in [0.2, 0.25) is 5.91 Å². The maximum Gasteiger partial charge on any atom is 0.289 e. The van der Waals surface area contributed by atoms with Crippen LogP contribution in [-0.4, -0.2) is 34.8 Å². The van der Waals surface area contributed by atoms with Gasteiger partial charge in [0.25, 0.3) is 5.91 Å². The largest absolute Gasteiger partial charge is 0.451 e. The molecule has 0 unspecified atom stereocenters. The lowest BCUT2D eigenvalue weighted by Crippen LogP contribution is -2.41. The number of anilines is 1. The Kier molecular flexibility index (Phi) is 4.72. The van der Waals surface area contributed by atoms with Gasteiger partial charge in [-0.1, -0.05) is 12.1 Å². The van der Waals surface area contributed by atoms with Crippen molar-refractivity contribution in [3.63, 3.8) is 0 Å². The Morgan fingerprint density at radius 2 is 2.00 bits per heavy atom. The molecule has 8 heteroatoms. The maximum atomic E-state index is 12.7. The summed E-state index contributed by atoms with van der Waals surface area (Å²) in [6.45, 7) is 0.872. The minimum atomic E-state index is -0.323. The minimum absolute atomic E-state index is 0.0318. The number of thiazole rings is 1. The van der Waals surface area contributed by atoms with Gasteiger partial charge >= 0.3 is 0 Å². The third kappa shape index (κ3) is 3.61. The number of fused-ring (bicyclic) bond motifs is 1. The van der Waals surface area contributed by atoms with Crippen LogP contribution in [0.25, 0.3) is 11.0 Å². The summed E-state index contributed by atoms with van der Waals surface area (Å²) in [7, 11) is 0. The molecule has 1 fully saturated rings. The molecular weight excluding hydrogens is 366 g/mol. The number of rotatable bonds is 3. The number of carbonyl (C=O) groups is 2. The number of nitrogens with one attached hydrogen (secondary N) is 1. The van der Waals surface area contributed by atoms with Crippen molar-refractivity contribution >= 4 is 39.3 Å². The third-order valence-electron chi connectivity index (χ3n) is 4.66. The van der Waals surface area contributed by atoms with E-state index in [0.717, 1.165) is 0 Å². The molecule has 1 aliphatic rings. The predicted molar refractivity (Wildman–Crippen MR) is 102 cm³/mol. The van der Waals surface area contributed by atoms with E-state index in [2.05, 4.69) is 10.3 Å². The first-order valence-corrected chi connectivity index (χ1v) is 9.52. The zero-order chi connectivity index (χ0) is 18.8. The summed E-state index contributed by atoms with van der Waals surface area (Å²) < 4.78 is 5.62. The Morgan fingerprint density at radius 3 is 2.74 bits per heavy atom. The smallest absolute Gasteiger partial charge is 0.289 e. The lowest BCUT2D eigenvalue weighted by molar-refractivity contribution is -0.121. The van der Waals surface area contributed by atoms with Crippen LogP contribution in [0.2, 0.25) is 0 Å². The Morgan fingerprint density at radius 1 is 1.22 bits per heavy atom. The van der Waals surface area contributed by atoms with Gasteiger partial charge in [-0.2, -0.15) is 0 Å². The molecule has 0 aliphatic carbocycles. The first-order valence-electron chi connectivity index (χ1n) is 8.64. The van der Waals surface area contributed by atoms with E-state index in [0.29, 0.717) is 42.0 Å². The number of para-hydroxylation sites is 1. The van der Waals surface area contributed by atoms with Gasteiger partial charge in [0.05, 0.1) is 5.39 Å². The number of hydrogen-bond donors (Lipinski definition) is 1. The Hall–Kier alpha value is -3.00. The number of amides is 2. The van der Waals surface area contributed by atoms with E-state index in [4.69, 9.17) is 4.42 Å². The van der Waals surface area contributed by atoms with Gasteiger partial charge in [-0.05, 0) is 25.0 Å². The number of aromatic nitrogens is 1. The Bertz CT molecular complexity index is 1040. The normalized spacial score (nSPS) is 15.0. The van der Waals surface area contributed by atoms with Gasteiger partial charge in [0.15, 0.2) is 16.3 Å². The molecule has 1 aliphatic heterocycles. The summed E-state index contributed by atoms with van der Waals surface area (Å²) in [6, 6.07) is 8.09. The van der Waals surface area contributed by atoms with Gasteiger partial charge < -0.3 is 14.6 Å². The van der Waals surface area contributed by atoms with Crippen LogP contribution < -0.4 is 10.7 Å². The van der Waals surface area contributed by atoms with E-state index < -0.39 is 0 Å². The Labute approximate surface area is 158 Å². The summed E-state index contributed by atoms with van der Waals surface area (Å²) in [5.74, 6) is -0.531. The molecular formula is C19H17N3O4S. The van der Waals surface area contributed by atoms with Crippen molar-refractivity contribution in [2.45, 2.75) is 12.8 Å². The van der Waals surface area contributed by atoms with Gasteiger partial charge in [-0.15, -0.1) is 11.3 Å². The number of carbonyl (C=O) groups excluding carboxylic acids is 2. The molecule has 0 spiro atoms. The van der Waals surface area contributed by atoms with E-state index >= 15 is 0 Å². The van der Waals surface area contributed by atoms with Gasteiger partial charge in [0, 0.05) is 36.7 Å². The topological polar surface area (TPSA) is 92.5 Å². The Balaban J connectivity index is 1.43. The van der Waals surface area contributed by atoms with Gasteiger partial charge in [0.1, 0.15) is 5.58 Å². The number of likely N-dealkylation sites (tertiary alicyclic amines) is 1. The third-order valence-corrected chi connectivity index (χ3v) is 5.35. The van der Waals surface area contributed by atoms with Crippen LogP contribution in [0.4, 0.5) is 5.13 Å². The standard InChI is InChI=1S/C19H17N3O4S/c23-14-11-16(26-15-4-2-1-3-13(14)15)18(25)22-8-5-12(6-9-22)17(24)21-19-20-7-10-27-19/h1-4,7,10-12H,5-6,8-9H2,(H,20,21,24). The molecule has 3 aromatic rings. The fourth-order valence-electron chi connectivity index (χ4n) is 3.20. The number of benzene rings is 1. The van der Waals surface area contributed by atoms with E-state index in [1.54, 1.807) is 40.7 Å². The zero-order valence-electron chi connectivity index (χ0n) is 14.4. The highest BCUT2D eigenvalue weighted by molar-refractivity contribution is 7.13. The van der Waals surface area contributed by atoms with Crippen LogP contribution in [0.1, 0.15) is 23.4 Å². The highest BCUT2D eigenvalue weighted by Gasteiger charge is 2.29. The molecule has 0 radical (unpaired) electrons. The summed E-state index contributed by atoms with van der Waals surface area (Å²) in [6.07, 6.45) is 2.75. The second-order valence-electron chi connectivity index (χ2n) is 6.36. The summed E-state index contributed by atoms with van der Waals surface area (Å²) in [4.78, 5) is 42.9. The van der Waals surface area contributed by atoms with Crippen molar-refractivity contribution in [2.24, 2.45) is 5.92 Å². The number of piperidine rings is 1. The highest BCUT2D eigenvalue weighted by atomic mass is 32.1. The van der Waals surface area contributed by atoms with Crippen molar-refractivity contribution in [3.05, 3.63) is 57.9 Å². The van der Waals surface area contributed by atoms with E-state index in [9.17, 15) is 14.4 Å². The average molecular weight is 383 g/mol. The van der Waals surface area contributed by atoms with E-state index in [1.807, 2.05) is 0 Å². The van der Waals surface area contributed by atoms with Crippen molar-refractivity contribution in [2.75, 3.05) is 18.4 Å². The molecule has 1 saturated heterocycles. The fraction of sp³-hybridized carbons (Fsp3) is 0.263. The molecule has 1 aromatic carbocycles. The first kappa shape index (κ1) is 17.4. The highest BCUT2D eigenvalue weighted by Crippen LogP contribution is 2.22. The number of hydrogen-bond acceptors (Lipinski definition) is 6. The SMILES string of the molecule is O=C(Nc1nccs1)C1CCN(C(=O)c2cc(=O)c3ccccc3o2)CC1. The average Bonchev–Trinajstić information content (AvgIpc) is 3.20. The van der Waals surface area contributed by atoms with Crippen LogP contribution in [0.15, 0.2) is 51.1 Å². The van der Waals surface area contributed by atoms with Crippen molar-refractivity contribution in [3.8, 4) is 0 Å². The fourth-order valence-corrected chi connectivity index (χ4v) is 3.73. The zero-order valence-corrected chi connectivity index (χ0v) is 15.2. The minimum Gasteiger partial charge on any atom is -0.451 e. The molecule has 138 valence electrons. The molecule has 0 saturated carbocycles. The molecule has 27 heavy (non-hydrogen) atoms. The molecule has 0 bridgehead atoms. The quantitative estimate of drug-likeness (QED) is 0.751. The van der Waals surface area contributed by atoms with Gasteiger partial charge in [-0.3, -0.25) is 14.4 Å². The van der Waals surface area contributed by atoms with E-state index in [-0.39, 0.29) is 28.9 Å². The lowest BCUT2D eigenvalue weighted by Gasteiger charge is -2.30. The molecule has 7 nitrogen and oxygen atoms in total. The van der Waals surface area contributed by atoms with Crippen LogP contribution in [0.5, 0.6) is 0 Å². The van der Waals surface area contributed by atoms with Crippen molar-refractivity contribution < 1.29 is 14.0 Å². The van der Waals surface area contributed by atoms with Crippen molar-refractivity contribution in [1.29, 1.82) is 0 Å². The van der Waals surface area contributed by atoms with Crippen LogP contribution in [0, 0.1) is 5.92 Å². The monoisotopic (exact) mass is 383 g/mol. The molecule has 4 rings (SSSR count). The van der Waals surface area contributed by atoms with Gasteiger partial charge in [-0.25, -0.2) is 4.98 Å². The summed E-state index contributed by atoms with van der Waals surface area (Å²) in [5, 5.41) is 5.63. The molecule has 0 atom stereocenters. The van der Waals surface area contributed by atoms with Crippen LogP contribution in [-0.2, 0) is 4.79 Å². The van der Waals surface area contributed by atoms with Crippen LogP contribution >= 0.6 is 11.3 Å². The second-order valence-corrected chi connectivity index (χ2v) is 7.26. The van der Waals surface area contributed by atoms with Crippen LogP contribution in [0.3, 0.4) is 0 Å². The van der Waals surface area contributed by atoms with Crippen molar-refractivity contribution in [1.82, 2.24) is 9.88 Å². The summed E-state index contributed by atoms with van der Waals surface area (Å²) >= 11 is 1.37. The number of nitrogens with zero attached hydrogens (tertiary/aromatic N) is 2. The summed E-state index contributed by atoms with van der Waals surface area (Å²) in [5.41, 5.74) is 0.156. The molecule has 1 N–H and O–H groups in total. The maximum absolute atomic E-state index is 12.7. The predicted octanol–water partition coefficient (Wildman–Crippen LogP) is 2.74. The molecule has 3 heterocycles. The van der Waals surface area contributed by atoms with E-state index in [1.165, 1.54) is 17.4 Å². The molecule has 2 amide bonds. The second kappa shape index (κ2) is 7.32. The molecule has 2 aromatic heterocycles. The lowest BCUT2D eigenvalue weighted by atomic mass is 9.96.